The summed E-state index contributed by atoms with van der Waals surface area (Å²) in [5.74, 6) is 0.374. The lowest BCUT2D eigenvalue weighted by Gasteiger charge is -2.18. The van der Waals surface area contributed by atoms with Gasteiger partial charge in [-0.2, -0.15) is 0 Å². The minimum atomic E-state index is -3.11. The first-order valence-corrected chi connectivity index (χ1v) is 6.76. The molecule has 0 spiro atoms. The van der Waals surface area contributed by atoms with Gasteiger partial charge in [0.2, 0.25) is 10.0 Å². The molecule has 0 radical (unpaired) electrons. The molecule has 74 valence electrons. The zero-order valence-corrected chi connectivity index (χ0v) is 10.1. The number of sulfonamides is 1. The van der Waals surface area contributed by atoms with E-state index >= 15 is 0 Å². The van der Waals surface area contributed by atoms with E-state index in [0.29, 0.717) is 5.92 Å². The van der Waals surface area contributed by atoms with E-state index in [1.54, 1.807) is 0 Å². The van der Waals surface area contributed by atoms with Gasteiger partial charge in [0.15, 0.2) is 0 Å². The Morgan fingerprint density at radius 3 is 2.25 bits per heavy atom. The van der Waals surface area contributed by atoms with Crippen LogP contribution in [0.15, 0.2) is 0 Å². The molecule has 0 rings (SSSR count). The number of halogens is 1. The minimum absolute atomic E-state index is 0.0116. The van der Waals surface area contributed by atoms with Crippen LogP contribution in [0.25, 0.3) is 0 Å². The Labute approximate surface area is 83.1 Å². The molecule has 0 aromatic rings. The van der Waals surface area contributed by atoms with Gasteiger partial charge < -0.3 is 0 Å². The second-order valence-corrected chi connectivity index (χ2v) is 6.07. The average molecular weight is 258 g/mol. The molecule has 2 atom stereocenters. The zero-order valence-electron chi connectivity index (χ0n) is 7.67. The highest BCUT2D eigenvalue weighted by atomic mass is 79.9. The van der Waals surface area contributed by atoms with Gasteiger partial charge in [0.25, 0.3) is 0 Å². The lowest BCUT2D eigenvalue weighted by atomic mass is 10.0. The second-order valence-electron chi connectivity index (χ2n) is 3.02. The van der Waals surface area contributed by atoms with Crippen LogP contribution >= 0.6 is 15.9 Å². The van der Waals surface area contributed by atoms with E-state index in [-0.39, 0.29) is 10.7 Å². The quantitative estimate of drug-likeness (QED) is 0.763. The highest BCUT2D eigenvalue weighted by Gasteiger charge is 2.16. The fourth-order valence-corrected chi connectivity index (χ4v) is 2.04. The predicted octanol–water partition coefficient (Wildman–Crippen LogP) is 1.69. The van der Waals surface area contributed by atoms with Gasteiger partial charge in [-0.1, -0.05) is 36.2 Å². The van der Waals surface area contributed by atoms with Gasteiger partial charge in [-0.25, -0.2) is 13.1 Å². The zero-order chi connectivity index (χ0) is 9.78. The molecule has 1 N–H and O–H groups in total. The summed E-state index contributed by atoms with van der Waals surface area (Å²) < 4.78 is 24.7. The maximum Gasteiger partial charge on any atom is 0.221 e. The van der Waals surface area contributed by atoms with Crippen molar-refractivity contribution in [1.29, 1.82) is 0 Å². The molecule has 0 fully saturated rings. The molecule has 0 amide bonds. The van der Waals surface area contributed by atoms with Crippen LogP contribution in [0.4, 0.5) is 0 Å². The standard InChI is InChI=1S/C7H16BrNO2S/c1-4-6(2)7(3)9-12(10,11)5-8/h6-7,9H,4-5H2,1-3H3. The molecule has 0 aromatic carbocycles. The molecular formula is C7H16BrNO2S. The molecule has 0 aromatic heterocycles. The number of nitrogens with one attached hydrogen (secondary N) is 1. The molecule has 0 saturated heterocycles. The van der Waals surface area contributed by atoms with Crippen molar-refractivity contribution in [2.45, 2.75) is 33.2 Å². The molecule has 0 bridgehead atoms. The lowest BCUT2D eigenvalue weighted by Crippen LogP contribution is -2.37. The Morgan fingerprint density at radius 1 is 1.42 bits per heavy atom. The Hall–Kier alpha value is 0.390. The topological polar surface area (TPSA) is 46.2 Å². The molecular weight excluding hydrogens is 242 g/mol. The smallest absolute Gasteiger partial charge is 0.212 e. The molecule has 0 saturated carbocycles. The summed E-state index contributed by atoms with van der Waals surface area (Å²) in [5, 5.41) is 0. The Bertz CT molecular complexity index is 215. The van der Waals surface area contributed by atoms with E-state index in [9.17, 15) is 8.42 Å². The monoisotopic (exact) mass is 257 g/mol. The van der Waals surface area contributed by atoms with Gasteiger partial charge in [-0.15, -0.1) is 0 Å². The fourth-order valence-electron chi connectivity index (χ4n) is 0.784. The molecule has 5 heteroatoms. The normalized spacial score (nSPS) is 17.3. The maximum atomic E-state index is 11.1. The molecule has 0 aliphatic heterocycles. The molecule has 0 aliphatic carbocycles. The van der Waals surface area contributed by atoms with Crippen LogP contribution < -0.4 is 4.72 Å². The molecule has 3 nitrogen and oxygen atoms in total. The fraction of sp³-hybridized carbons (Fsp3) is 1.00. The Morgan fingerprint density at radius 2 is 1.92 bits per heavy atom. The van der Waals surface area contributed by atoms with Crippen LogP contribution in [0, 0.1) is 5.92 Å². The van der Waals surface area contributed by atoms with Crippen LogP contribution in [0.5, 0.6) is 0 Å². The number of hydrogen-bond acceptors (Lipinski definition) is 2. The third-order valence-corrected chi connectivity index (χ3v) is 4.83. The van der Waals surface area contributed by atoms with Gasteiger partial charge in [0.05, 0.1) is 0 Å². The van der Waals surface area contributed by atoms with E-state index in [1.165, 1.54) is 0 Å². The van der Waals surface area contributed by atoms with E-state index in [0.717, 1.165) is 6.42 Å². The average Bonchev–Trinajstić information content (AvgIpc) is 2.02. The number of rotatable bonds is 5. The summed E-state index contributed by atoms with van der Waals surface area (Å²) in [6.45, 7) is 5.96. The highest BCUT2D eigenvalue weighted by Crippen LogP contribution is 2.08. The summed E-state index contributed by atoms with van der Waals surface area (Å²) >= 11 is 2.92. The maximum absolute atomic E-state index is 11.1. The molecule has 2 unspecified atom stereocenters. The van der Waals surface area contributed by atoms with E-state index in [1.807, 2.05) is 20.8 Å². The van der Waals surface area contributed by atoms with E-state index in [2.05, 4.69) is 20.7 Å². The van der Waals surface area contributed by atoms with Gasteiger partial charge in [-0.05, 0) is 12.8 Å². The first kappa shape index (κ1) is 12.4. The van der Waals surface area contributed by atoms with Crippen molar-refractivity contribution in [2.24, 2.45) is 5.92 Å². The SMILES string of the molecule is CCC(C)C(C)NS(=O)(=O)CBr. The van der Waals surface area contributed by atoms with Crippen LogP contribution in [-0.4, -0.2) is 19.1 Å². The summed E-state index contributed by atoms with van der Waals surface area (Å²) in [5.41, 5.74) is 0. The van der Waals surface area contributed by atoms with Crippen molar-refractivity contribution in [3.05, 3.63) is 0 Å². The van der Waals surface area contributed by atoms with E-state index in [4.69, 9.17) is 0 Å². The Kier molecular flexibility index (Phi) is 5.36. The molecule has 0 aliphatic rings. The third-order valence-electron chi connectivity index (χ3n) is 2.01. The highest BCUT2D eigenvalue weighted by molar-refractivity contribution is 9.10. The van der Waals surface area contributed by atoms with Gasteiger partial charge in [0, 0.05) is 6.04 Å². The lowest BCUT2D eigenvalue weighted by molar-refractivity contribution is 0.435. The van der Waals surface area contributed by atoms with Gasteiger partial charge in [-0.3, -0.25) is 0 Å². The van der Waals surface area contributed by atoms with Crippen LogP contribution in [0.3, 0.4) is 0 Å². The molecule has 12 heavy (non-hydrogen) atoms. The van der Waals surface area contributed by atoms with Gasteiger partial charge >= 0.3 is 0 Å². The summed E-state index contributed by atoms with van der Waals surface area (Å²) in [6, 6.07) is 0.0116. The number of hydrogen-bond donors (Lipinski definition) is 1. The largest absolute Gasteiger partial charge is 0.221 e. The second kappa shape index (κ2) is 5.19. The Balaban J connectivity index is 4.09. The summed E-state index contributed by atoms with van der Waals surface area (Å²) in [4.78, 5) is 0. The van der Waals surface area contributed by atoms with Crippen molar-refractivity contribution in [1.82, 2.24) is 4.72 Å². The summed E-state index contributed by atoms with van der Waals surface area (Å²) in [7, 11) is -3.11. The van der Waals surface area contributed by atoms with Crippen LogP contribution in [-0.2, 0) is 10.0 Å². The van der Waals surface area contributed by atoms with Crippen LogP contribution in [0.1, 0.15) is 27.2 Å². The van der Waals surface area contributed by atoms with Crippen molar-refractivity contribution >= 4 is 26.0 Å². The molecule has 0 heterocycles. The predicted molar refractivity (Wildman–Crippen MR) is 54.8 cm³/mol. The van der Waals surface area contributed by atoms with E-state index < -0.39 is 10.0 Å². The summed E-state index contributed by atoms with van der Waals surface area (Å²) in [6.07, 6.45) is 0.978. The first-order chi connectivity index (χ1) is 5.43. The third kappa shape index (κ3) is 4.42. The first-order valence-electron chi connectivity index (χ1n) is 3.99. The van der Waals surface area contributed by atoms with Crippen molar-refractivity contribution in [3.8, 4) is 0 Å². The van der Waals surface area contributed by atoms with Crippen LogP contribution in [0.2, 0.25) is 0 Å². The van der Waals surface area contributed by atoms with Crippen molar-refractivity contribution in [3.63, 3.8) is 0 Å². The number of alkyl halides is 1. The van der Waals surface area contributed by atoms with Crippen molar-refractivity contribution < 1.29 is 8.42 Å². The minimum Gasteiger partial charge on any atom is -0.212 e. The van der Waals surface area contributed by atoms with Gasteiger partial charge in [0.1, 0.15) is 4.66 Å². The van der Waals surface area contributed by atoms with Crippen molar-refractivity contribution in [2.75, 3.05) is 4.66 Å².